The molecule has 0 spiro atoms. The van der Waals surface area contributed by atoms with Crippen molar-refractivity contribution in [1.29, 1.82) is 0 Å². The highest BCUT2D eigenvalue weighted by molar-refractivity contribution is 7.99. The van der Waals surface area contributed by atoms with Crippen LogP contribution >= 0.6 is 11.8 Å². The molecule has 0 aliphatic carbocycles. The molecule has 1 unspecified atom stereocenters. The highest BCUT2D eigenvalue weighted by Gasteiger charge is 2.08. The smallest absolute Gasteiger partial charge is 0.201 e. The van der Waals surface area contributed by atoms with Crippen LogP contribution in [-0.4, -0.2) is 25.6 Å². The second-order valence-electron chi connectivity index (χ2n) is 4.89. The number of fused-ring (bicyclic) bond motifs is 1. The van der Waals surface area contributed by atoms with Crippen molar-refractivity contribution < 1.29 is 0 Å². The Bertz CT molecular complexity index is 722. The topological polar surface area (TPSA) is 69.1 Å². The van der Waals surface area contributed by atoms with Gasteiger partial charge in [0, 0.05) is 18.4 Å². The molecular weight excluding hydrogens is 282 g/mol. The van der Waals surface area contributed by atoms with E-state index in [1.54, 1.807) is 0 Å². The molecule has 0 saturated carbocycles. The van der Waals surface area contributed by atoms with Gasteiger partial charge in [0.05, 0.1) is 0 Å². The average molecular weight is 299 g/mol. The average Bonchev–Trinajstić information content (AvgIpc) is 2.92. The molecule has 3 aromatic rings. The Morgan fingerprint density at radius 1 is 1.24 bits per heavy atom. The Kier molecular flexibility index (Phi) is 4.17. The van der Waals surface area contributed by atoms with Crippen LogP contribution in [0.15, 0.2) is 52.9 Å². The summed E-state index contributed by atoms with van der Waals surface area (Å²) in [5, 5.41) is 10.0. The SMILES string of the molecule is CCC(N)Cc1ccc(Sc2nnc3ccccn23)nc1. The van der Waals surface area contributed by atoms with Gasteiger partial charge in [-0.2, -0.15) is 0 Å². The summed E-state index contributed by atoms with van der Waals surface area (Å²) in [7, 11) is 0. The van der Waals surface area contributed by atoms with Crippen molar-refractivity contribution in [1.82, 2.24) is 19.6 Å². The summed E-state index contributed by atoms with van der Waals surface area (Å²) in [5.41, 5.74) is 7.97. The van der Waals surface area contributed by atoms with Crippen LogP contribution in [0.1, 0.15) is 18.9 Å². The molecule has 108 valence electrons. The van der Waals surface area contributed by atoms with Crippen LogP contribution in [0, 0.1) is 0 Å². The van der Waals surface area contributed by atoms with Crippen LogP contribution in [0.5, 0.6) is 0 Å². The maximum atomic E-state index is 5.96. The van der Waals surface area contributed by atoms with Gasteiger partial charge in [0.15, 0.2) is 5.65 Å². The van der Waals surface area contributed by atoms with Crippen LogP contribution in [0.2, 0.25) is 0 Å². The summed E-state index contributed by atoms with van der Waals surface area (Å²) < 4.78 is 1.95. The van der Waals surface area contributed by atoms with Gasteiger partial charge in [0.2, 0.25) is 5.16 Å². The predicted octanol–water partition coefficient (Wildman–Crippen LogP) is 2.56. The fourth-order valence-corrected chi connectivity index (χ4v) is 2.78. The third-order valence-electron chi connectivity index (χ3n) is 3.30. The molecule has 1 atom stereocenters. The Morgan fingerprint density at radius 2 is 2.14 bits per heavy atom. The molecule has 0 fully saturated rings. The molecular formula is C15H17N5S. The molecule has 3 heterocycles. The summed E-state index contributed by atoms with van der Waals surface area (Å²) in [6.45, 7) is 2.10. The van der Waals surface area contributed by atoms with Crippen LogP contribution < -0.4 is 5.73 Å². The summed E-state index contributed by atoms with van der Waals surface area (Å²) in [6, 6.07) is 10.1. The second kappa shape index (κ2) is 6.24. The van der Waals surface area contributed by atoms with Gasteiger partial charge in [0.1, 0.15) is 5.03 Å². The lowest BCUT2D eigenvalue weighted by molar-refractivity contribution is 0.644. The number of nitrogens with two attached hydrogens (primary N) is 1. The van der Waals surface area contributed by atoms with E-state index >= 15 is 0 Å². The Labute approximate surface area is 127 Å². The van der Waals surface area contributed by atoms with Crippen LogP contribution in [0.4, 0.5) is 0 Å². The minimum Gasteiger partial charge on any atom is -0.327 e. The number of aromatic nitrogens is 4. The van der Waals surface area contributed by atoms with Crippen molar-refractivity contribution in [2.45, 2.75) is 36.0 Å². The third-order valence-corrected chi connectivity index (χ3v) is 4.21. The summed E-state index contributed by atoms with van der Waals surface area (Å²) in [6.07, 6.45) is 5.68. The summed E-state index contributed by atoms with van der Waals surface area (Å²) in [4.78, 5) is 4.47. The molecule has 3 rings (SSSR count). The van der Waals surface area contributed by atoms with Crippen LogP contribution in [-0.2, 0) is 6.42 Å². The molecule has 0 bridgehead atoms. The van der Waals surface area contributed by atoms with Gasteiger partial charge >= 0.3 is 0 Å². The van der Waals surface area contributed by atoms with Gasteiger partial charge in [0.25, 0.3) is 0 Å². The molecule has 0 aliphatic heterocycles. The van der Waals surface area contributed by atoms with Crippen LogP contribution in [0.25, 0.3) is 5.65 Å². The van der Waals surface area contributed by atoms with Gasteiger partial charge in [-0.05, 0) is 48.4 Å². The number of rotatable bonds is 5. The monoisotopic (exact) mass is 299 g/mol. The molecule has 6 heteroatoms. The molecule has 0 aromatic carbocycles. The first kappa shape index (κ1) is 14.0. The van der Waals surface area contributed by atoms with Gasteiger partial charge in [-0.15, -0.1) is 10.2 Å². The lowest BCUT2D eigenvalue weighted by Gasteiger charge is -2.08. The van der Waals surface area contributed by atoms with Crippen molar-refractivity contribution in [2.24, 2.45) is 5.73 Å². The lowest BCUT2D eigenvalue weighted by Crippen LogP contribution is -2.21. The second-order valence-corrected chi connectivity index (χ2v) is 5.88. The van der Waals surface area contributed by atoms with E-state index in [0.29, 0.717) is 0 Å². The van der Waals surface area contributed by atoms with E-state index in [1.165, 1.54) is 17.3 Å². The van der Waals surface area contributed by atoms with Crippen molar-refractivity contribution >= 4 is 17.4 Å². The van der Waals surface area contributed by atoms with Crippen molar-refractivity contribution in [3.8, 4) is 0 Å². The molecule has 5 nitrogen and oxygen atoms in total. The number of hydrogen-bond donors (Lipinski definition) is 1. The van der Waals surface area contributed by atoms with E-state index in [0.717, 1.165) is 28.7 Å². The van der Waals surface area contributed by atoms with Gasteiger partial charge in [-0.3, -0.25) is 4.40 Å². The largest absolute Gasteiger partial charge is 0.327 e. The van der Waals surface area contributed by atoms with Crippen molar-refractivity contribution in [2.75, 3.05) is 0 Å². The highest BCUT2D eigenvalue weighted by Crippen LogP contribution is 2.24. The lowest BCUT2D eigenvalue weighted by atomic mass is 10.1. The van der Waals surface area contributed by atoms with E-state index in [-0.39, 0.29) is 6.04 Å². The quantitative estimate of drug-likeness (QED) is 0.784. The van der Waals surface area contributed by atoms with Crippen molar-refractivity contribution in [3.05, 3.63) is 48.3 Å². The van der Waals surface area contributed by atoms with E-state index in [1.807, 2.05) is 41.1 Å². The number of pyridine rings is 2. The van der Waals surface area contributed by atoms with E-state index in [9.17, 15) is 0 Å². The van der Waals surface area contributed by atoms with E-state index < -0.39 is 0 Å². The van der Waals surface area contributed by atoms with E-state index in [2.05, 4.69) is 28.2 Å². The predicted molar refractivity (Wildman–Crippen MR) is 83.3 cm³/mol. The maximum Gasteiger partial charge on any atom is 0.201 e. The standard InChI is InChI=1S/C15H17N5S/c1-2-12(16)9-11-6-7-14(17-10-11)21-15-19-18-13-5-3-4-8-20(13)15/h3-8,10,12H,2,9,16H2,1H3. The zero-order valence-electron chi connectivity index (χ0n) is 11.8. The third kappa shape index (κ3) is 3.22. The maximum absolute atomic E-state index is 5.96. The Hall–Kier alpha value is -1.92. The Morgan fingerprint density at radius 3 is 2.90 bits per heavy atom. The fraction of sp³-hybridized carbons (Fsp3) is 0.267. The first-order valence-corrected chi connectivity index (χ1v) is 7.76. The zero-order chi connectivity index (χ0) is 14.7. The van der Waals surface area contributed by atoms with Crippen molar-refractivity contribution in [3.63, 3.8) is 0 Å². The van der Waals surface area contributed by atoms with Gasteiger partial charge < -0.3 is 5.73 Å². The number of hydrogen-bond acceptors (Lipinski definition) is 5. The number of nitrogens with zero attached hydrogens (tertiary/aromatic N) is 4. The molecule has 3 aromatic heterocycles. The summed E-state index contributed by atoms with van der Waals surface area (Å²) in [5.74, 6) is 0. The molecule has 0 aliphatic rings. The van der Waals surface area contributed by atoms with E-state index in [4.69, 9.17) is 5.73 Å². The molecule has 2 N–H and O–H groups in total. The molecule has 0 radical (unpaired) electrons. The molecule has 0 saturated heterocycles. The minimum atomic E-state index is 0.200. The molecule has 0 amide bonds. The minimum absolute atomic E-state index is 0.200. The normalized spacial score (nSPS) is 12.7. The summed E-state index contributed by atoms with van der Waals surface area (Å²) >= 11 is 1.50. The fourth-order valence-electron chi connectivity index (χ4n) is 2.02. The van der Waals surface area contributed by atoms with Gasteiger partial charge in [-0.1, -0.05) is 19.1 Å². The van der Waals surface area contributed by atoms with Crippen LogP contribution in [0.3, 0.4) is 0 Å². The zero-order valence-corrected chi connectivity index (χ0v) is 12.6. The first-order chi connectivity index (χ1) is 10.3. The Balaban J connectivity index is 1.76. The highest BCUT2D eigenvalue weighted by atomic mass is 32.2. The first-order valence-electron chi connectivity index (χ1n) is 6.94. The molecule has 21 heavy (non-hydrogen) atoms. The van der Waals surface area contributed by atoms with Gasteiger partial charge in [-0.25, -0.2) is 4.98 Å².